The number of halogens is 1. The van der Waals surface area contributed by atoms with Gasteiger partial charge in [-0.1, -0.05) is 6.07 Å². The molecule has 4 heterocycles. The smallest absolute Gasteiger partial charge is 0.166 e. The molecule has 1 saturated heterocycles. The summed E-state index contributed by atoms with van der Waals surface area (Å²) in [6, 6.07) is 6.46. The molecule has 2 bridgehead atoms. The third-order valence-corrected chi connectivity index (χ3v) is 9.01. The zero-order chi connectivity index (χ0) is 21.6. The van der Waals surface area contributed by atoms with Gasteiger partial charge in [-0.2, -0.15) is 0 Å². The van der Waals surface area contributed by atoms with Crippen LogP contribution in [-0.4, -0.2) is 38.1 Å². The molecule has 5 atom stereocenters. The van der Waals surface area contributed by atoms with Gasteiger partial charge in [0.25, 0.3) is 0 Å². The average Bonchev–Trinajstić information content (AvgIpc) is 3.25. The third-order valence-electron chi connectivity index (χ3n) is 9.01. The summed E-state index contributed by atoms with van der Waals surface area (Å²) in [6.07, 6.45) is 1.06. The van der Waals surface area contributed by atoms with E-state index in [1.807, 2.05) is 6.07 Å². The zero-order valence-electron chi connectivity index (χ0n) is 17.4. The largest absolute Gasteiger partial charge is 0.504 e. The number of phenolic OH excluding ortho intramolecular Hbond substituents is 1. The fourth-order valence-electron chi connectivity index (χ4n) is 7.83. The van der Waals surface area contributed by atoms with Gasteiger partial charge in [0.15, 0.2) is 17.6 Å². The van der Waals surface area contributed by atoms with Gasteiger partial charge in [0.05, 0.1) is 28.3 Å². The van der Waals surface area contributed by atoms with E-state index in [9.17, 15) is 19.7 Å². The number of benzene rings is 2. The van der Waals surface area contributed by atoms with Crippen molar-refractivity contribution in [1.82, 2.24) is 9.88 Å². The number of aromatic nitrogens is 1. The fraction of sp³-hybridized carbons (Fsp3) is 0.440. The van der Waals surface area contributed by atoms with Crippen molar-refractivity contribution >= 4 is 10.9 Å². The molecule has 6 nitrogen and oxygen atoms in total. The van der Waals surface area contributed by atoms with Crippen LogP contribution in [0, 0.1) is 5.82 Å². The lowest BCUT2D eigenvalue weighted by Gasteiger charge is -2.60. The van der Waals surface area contributed by atoms with Crippen molar-refractivity contribution < 1.29 is 24.4 Å². The van der Waals surface area contributed by atoms with E-state index in [1.165, 1.54) is 12.1 Å². The summed E-state index contributed by atoms with van der Waals surface area (Å²) in [4.78, 5) is 0. The van der Waals surface area contributed by atoms with E-state index in [2.05, 4.69) is 9.88 Å². The second kappa shape index (κ2) is 5.30. The van der Waals surface area contributed by atoms with Gasteiger partial charge in [0, 0.05) is 35.5 Å². The van der Waals surface area contributed by atoms with Gasteiger partial charge >= 0.3 is 0 Å². The minimum atomic E-state index is -1.12. The molecule has 1 aromatic heterocycles. The topological polar surface area (TPSA) is 86.9 Å². The second-order valence-corrected chi connectivity index (χ2v) is 10.2. The first-order chi connectivity index (χ1) is 15.4. The molecular formula is C25H23FN2O4. The summed E-state index contributed by atoms with van der Waals surface area (Å²) in [5, 5.41) is 38.1. The van der Waals surface area contributed by atoms with Crippen molar-refractivity contribution in [3.8, 4) is 11.5 Å². The summed E-state index contributed by atoms with van der Waals surface area (Å²) >= 11 is 0. The van der Waals surface area contributed by atoms with Gasteiger partial charge in [-0.15, -0.1) is 0 Å². The van der Waals surface area contributed by atoms with Crippen LogP contribution >= 0.6 is 0 Å². The molecule has 5 aliphatic rings. The SMILES string of the molecule is Oc1ccc2c3c1O[C@H]1c4c(c5cc(F)cc6c5n4CC[C@H]6O)C[C@@]4(O)[C@H](C2)NCC[C@]314. The van der Waals surface area contributed by atoms with E-state index < -0.39 is 23.2 Å². The Bertz CT molecular complexity index is 1380. The van der Waals surface area contributed by atoms with Crippen LogP contribution in [0.5, 0.6) is 11.5 Å². The van der Waals surface area contributed by atoms with Crippen LogP contribution in [-0.2, 0) is 24.8 Å². The molecule has 3 aromatic rings. The lowest BCUT2D eigenvalue weighted by molar-refractivity contribution is -0.135. The molecule has 2 aromatic carbocycles. The van der Waals surface area contributed by atoms with E-state index in [0.29, 0.717) is 43.5 Å². The van der Waals surface area contributed by atoms with Gasteiger partial charge in [0.1, 0.15) is 5.82 Å². The standard InChI is InChI=1S/C25H23FN2O4/c26-12-8-13-15-10-25(31)18-7-11-1-2-17(30)22-19(11)24(25,4-5-27-18)23(32-22)21(15)28-6-3-16(29)14(9-12)20(13)28/h1-2,8-9,16,18,23,27,29-31H,3-7,10H2/t16-,18+,23+,24+,25-/m1/s1. The van der Waals surface area contributed by atoms with Crippen molar-refractivity contribution in [2.75, 3.05) is 6.54 Å². The van der Waals surface area contributed by atoms with Gasteiger partial charge in [-0.3, -0.25) is 0 Å². The first kappa shape index (κ1) is 17.9. The molecule has 0 amide bonds. The Hall–Kier alpha value is -2.61. The number of nitrogens with zero attached hydrogens (tertiary/aromatic N) is 1. The zero-order valence-corrected chi connectivity index (χ0v) is 17.4. The van der Waals surface area contributed by atoms with Gasteiger partial charge in [-0.05, 0) is 55.1 Å². The summed E-state index contributed by atoms with van der Waals surface area (Å²) in [6.45, 7) is 1.37. The fourth-order valence-corrected chi connectivity index (χ4v) is 7.83. The number of hydrogen-bond donors (Lipinski definition) is 4. The lowest BCUT2D eigenvalue weighted by atomic mass is 9.49. The summed E-state index contributed by atoms with van der Waals surface area (Å²) in [5.41, 5.74) is 3.60. The van der Waals surface area contributed by atoms with E-state index >= 15 is 0 Å². The Morgan fingerprint density at radius 1 is 1.25 bits per heavy atom. The molecule has 0 saturated carbocycles. The number of rotatable bonds is 0. The van der Waals surface area contributed by atoms with E-state index in [-0.39, 0.29) is 17.6 Å². The molecule has 0 unspecified atom stereocenters. The van der Waals surface area contributed by atoms with Crippen molar-refractivity contribution in [2.24, 2.45) is 0 Å². The predicted octanol–water partition coefficient (Wildman–Crippen LogP) is 2.50. The van der Waals surface area contributed by atoms with Crippen LogP contribution < -0.4 is 10.1 Å². The van der Waals surface area contributed by atoms with Crippen LogP contribution in [0.15, 0.2) is 24.3 Å². The minimum absolute atomic E-state index is 0.102. The number of piperidine rings is 1. The van der Waals surface area contributed by atoms with E-state index in [0.717, 1.165) is 39.8 Å². The Kier molecular flexibility index (Phi) is 2.96. The highest BCUT2D eigenvalue weighted by molar-refractivity contribution is 5.90. The summed E-state index contributed by atoms with van der Waals surface area (Å²) in [7, 11) is 0. The summed E-state index contributed by atoms with van der Waals surface area (Å²) in [5.74, 6) is 0.211. The Labute approximate surface area is 183 Å². The van der Waals surface area contributed by atoms with Crippen molar-refractivity contribution in [1.29, 1.82) is 0 Å². The van der Waals surface area contributed by atoms with Crippen LogP contribution in [0.3, 0.4) is 0 Å². The van der Waals surface area contributed by atoms with Crippen molar-refractivity contribution in [3.05, 3.63) is 58.0 Å². The van der Waals surface area contributed by atoms with Crippen LogP contribution in [0.1, 0.15) is 53.0 Å². The van der Waals surface area contributed by atoms with Crippen LogP contribution in [0.4, 0.5) is 4.39 Å². The monoisotopic (exact) mass is 434 g/mol. The molecule has 4 N–H and O–H groups in total. The number of nitrogens with one attached hydrogen (secondary N) is 1. The molecule has 32 heavy (non-hydrogen) atoms. The minimum Gasteiger partial charge on any atom is -0.504 e. The molecule has 2 aliphatic carbocycles. The second-order valence-electron chi connectivity index (χ2n) is 10.2. The number of fused-ring (bicyclic) bond motifs is 4. The van der Waals surface area contributed by atoms with Crippen molar-refractivity contribution in [2.45, 2.75) is 61.5 Å². The Balaban J connectivity index is 1.52. The number of ether oxygens (including phenoxy) is 1. The molecule has 3 aliphatic heterocycles. The Morgan fingerprint density at radius 2 is 2.12 bits per heavy atom. The highest BCUT2D eigenvalue weighted by Crippen LogP contribution is 2.68. The summed E-state index contributed by atoms with van der Waals surface area (Å²) < 4.78 is 23.4. The molecule has 0 radical (unpaired) electrons. The first-order valence-corrected chi connectivity index (χ1v) is 11.4. The molecular weight excluding hydrogens is 411 g/mol. The number of aliphatic hydroxyl groups is 2. The van der Waals surface area contributed by atoms with Crippen LogP contribution in [0.2, 0.25) is 0 Å². The molecule has 1 fully saturated rings. The molecule has 1 spiro atoms. The quantitative estimate of drug-likeness (QED) is 0.437. The average molecular weight is 434 g/mol. The number of aromatic hydroxyl groups is 1. The maximum atomic E-state index is 14.7. The van der Waals surface area contributed by atoms with Gasteiger partial charge in [-0.25, -0.2) is 4.39 Å². The number of hydrogen-bond acceptors (Lipinski definition) is 5. The van der Waals surface area contributed by atoms with E-state index in [4.69, 9.17) is 4.74 Å². The van der Waals surface area contributed by atoms with Crippen molar-refractivity contribution in [3.63, 3.8) is 0 Å². The number of phenols is 1. The van der Waals surface area contributed by atoms with Crippen LogP contribution in [0.25, 0.3) is 10.9 Å². The predicted molar refractivity (Wildman–Crippen MR) is 113 cm³/mol. The van der Waals surface area contributed by atoms with Gasteiger partial charge < -0.3 is 29.9 Å². The normalized spacial score (nSPS) is 35.4. The highest BCUT2D eigenvalue weighted by atomic mass is 19.1. The Morgan fingerprint density at radius 3 is 3.00 bits per heavy atom. The lowest BCUT2D eigenvalue weighted by Crippen LogP contribution is -2.73. The first-order valence-electron chi connectivity index (χ1n) is 11.4. The van der Waals surface area contributed by atoms with Gasteiger partial charge in [0.2, 0.25) is 0 Å². The molecule has 7 heteroatoms. The molecule has 8 rings (SSSR count). The molecule has 164 valence electrons. The third kappa shape index (κ3) is 1.69. The highest BCUT2D eigenvalue weighted by Gasteiger charge is 2.72. The maximum Gasteiger partial charge on any atom is 0.166 e. The number of aryl methyl sites for hydroxylation is 1. The maximum absolute atomic E-state index is 14.7. The number of aliphatic hydroxyl groups excluding tert-OH is 1. The van der Waals surface area contributed by atoms with E-state index in [1.54, 1.807) is 6.07 Å².